The second kappa shape index (κ2) is 7.80. The first-order valence-corrected chi connectivity index (χ1v) is 7.73. The lowest BCUT2D eigenvalue weighted by Crippen LogP contribution is -2.42. The van der Waals surface area contributed by atoms with Gasteiger partial charge in [-0.1, -0.05) is 6.07 Å². The molecule has 0 unspecified atom stereocenters. The van der Waals surface area contributed by atoms with E-state index >= 15 is 0 Å². The molecule has 0 aliphatic carbocycles. The van der Waals surface area contributed by atoms with Crippen molar-refractivity contribution in [2.75, 3.05) is 19.6 Å². The van der Waals surface area contributed by atoms with Gasteiger partial charge in [-0.05, 0) is 19.1 Å². The Bertz CT molecular complexity index is 644. The molecule has 0 aliphatic heterocycles. The van der Waals surface area contributed by atoms with Gasteiger partial charge in [0, 0.05) is 6.54 Å². The lowest BCUT2D eigenvalue weighted by Gasteiger charge is -2.09. The van der Waals surface area contributed by atoms with Crippen LogP contribution >= 0.6 is 0 Å². The van der Waals surface area contributed by atoms with E-state index in [2.05, 4.69) is 10.6 Å². The summed E-state index contributed by atoms with van der Waals surface area (Å²) in [4.78, 5) is 21.3. The van der Waals surface area contributed by atoms with E-state index in [1.165, 1.54) is 0 Å². The number of hydrogen-bond acceptors (Lipinski definition) is 4. The van der Waals surface area contributed by atoms with Crippen molar-refractivity contribution in [3.8, 4) is 0 Å². The highest BCUT2D eigenvalue weighted by Gasteiger charge is 2.24. The molecule has 7 nitrogen and oxygen atoms in total. The third-order valence-corrected chi connectivity index (χ3v) is 3.88. The van der Waals surface area contributed by atoms with Crippen LogP contribution in [0, 0.1) is 11.6 Å². The smallest absolute Gasteiger partial charge is 0.246 e. The fraction of sp³-hybridized carbons (Fsp3) is 0.333. The third-order valence-electron chi connectivity index (χ3n) is 2.43. The van der Waals surface area contributed by atoms with Crippen LogP contribution in [0.3, 0.4) is 0 Å². The quantitative estimate of drug-likeness (QED) is 0.624. The zero-order chi connectivity index (χ0) is 16.8. The van der Waals surface area contributed by atoms with Crippen LogP contribution in [0.25, 0.3) is 0 Å². The Hall–Kier alpha value is -2.07. The number of nitrogens with one attached hydrogen (secondary N) is 3. The van der Waals surface area contributed by atoms with E-state index in [-0.39, 0.29) is 6.54 Å². The van der Waals surface area contributed by atoms with Crippen LogP contribution < -0.4 is 15.4 Å². The number of likely N-dealkylation sites (N-methyl/N-ethyl adjacent to an activating group) is 1. The standard InChI is InChI=1S/C12H15F2N3O4S/c1-2-15-10(18)6-16-11(19)7-17-22(20,21)12-8(13)4-3-5-9(12)14/h3-5,17H,2,6-7H2,1H3,(H,15,18)(H,16,19). The first-order valence-electron chi connectivity index (χ1n) is 6.25. The van der Waals surface area contributed by atoms with Crippen molar-refractivity contribution in [1.82, 2.24) is 15.4 Å². The Morgan fingerprint density at radius 2 is 1.59 bits per heavy atom. The van der Waals surface area contributed by atoms with Crippen LogP contribution in [-0.4, -0.2) is 39.9 Å². The summed E-state index contributed by atoms with van der Waals surface area (Å²) >= 11 is 0. The number of carbonyl (C=O) groups excluding carboxylic acids is 2. The molecule has 0 saturated carbocycles. The minimum atomic E-state index is -4.53. The summed E-state index contributed by atoms with van der Waals surface area (Å²) < 4.78 is 52.1. The Kier molecular flexibility index (Phi) is 6.38. The normalized spacial score (nSPS) is 11.0. The molecular weight excluding hydrogens is 320 g/mol. The molecule has 0 aromatic heterocycles. The van der Waals surface area contributed by atoms with Crippen LogP contribution in [0.1, 0.15) is 6.92 Å². The number of rotatable bonds is 7. The second-order valence-corrected chi connectivity index (χ2v) is 5.81. The van der Waals surface area contributed by atoms with Crippen molar-refractivity contribution < 1.29 is 26.8 Å². The van der Waals surface area contributed by atoms with Crippen LogP contribution in [0.2, 0.25) is 0 Å². The molecule has 0 fully saturated rings. The van der Waals surface area contributed by atoms with Gasteiger partial charge >= 0.3 is 0 Å². The topological polar surface area (TPSA) is 104 Å². The average Bonchev–Trinajstić information content (AvgIpc) is 2.43. The maximum Gasteiger partial charge on any atom is 0.246 e. The first kappa shape index (κ1) is 18.0. The van der Waals surface area contributed by atoms with Gasteiger partial charge in [0.25, 0.3) is 0 Å². The Morgan fingerprint density at radius 1 is 1.05 bits per heavy atom. The van der Waals surface area contributed by atoms with E-state index < -0.39 is 44.9 Å². The van der Waals surface area contributed by atoms with Gasteiger partial charge < -0.3 is 10.6 Å². The summed E-state index contributed by atoms with van der Waals surface area (Å²) in [5, 5.41) is 4.58. The highest BCUT2D eigenvalue weighted by atomic mass is 32.2. The second-order valence-electron chi connectivity index (χ2n) is 4.11. The number of sulfonamides is 1. The van der Waals surface area contributed by atoms with Gasteiger partial charge in [0.05, 0.1) is 13.1 Å². The summed E-state index contributed by atoms with van der Waals surface area (Å²) in [5.41, 5.74) is 0. The molecule has 1 aromatic rings. The summed E-state index contributed by atoms with van der Waals surface area (Å²) in [6.07, 6.45) is 0. The van der Waals surface area contributed by atoms with Crippen molar-refractivity contribution in [2.24, 2.45) is 0 Å². The molecular formula is C12H15F2N3O4S. The minimum Gasteiger partial charge on any atom is -0.355 e. The molecule has 0 spiro atoms. The van der Waals surface area contributed by atoms with Crippen molar-refractivity contribution in [2.45, 2.75) is 11.8 Å². The Labute approximate surface area is 126 Å². The summed E-state index contributed by atoms with van der Waals surface area (Å²) in [6, 6.07) is 2.59. The zero-order valence-electron chi connectivity index (χ0n) is 11.7. The highest BCUT2D eigenvalue weighted by molar-refractivity contribution is 7.89. The number of carbonyl (C=O) groups is 2. The monoisotopic (exact) mass is 335 g/mol. The molecule has 0 atom stereocenters. The zero-order valence-corrected chi connectivity index (χ0v) is 12.5. The molecule has 122 valence electrons. The lowest BCUT2D eigenvalue weighted by molar-refractivity contribution is -0.125. The van der Waals surface area contributed by atoms with Crippen LogP contribution in [0.4, 0.5) is 8.78 Å². The van der Waals surface area contributed by atoms with Gasteiger partial charge in [0.2, 0.25) is 21.8 Å². The first-order chi connectivity index (χ1) is 10.3. The molecule has 3 N–H and O–H groups in total. The maximum absolute atomic E-state index is 13.4. The lowest BCUT2D eigenvalue weighted by atomic mass is 10.3. The van der Waals surface area contributed by atoms with Gasteiger partial charge in [-0.3, -0.25) is 9.59 Å². The van der Waals surface area contributed by atoms with Crippen LogP contribution in [0.5, 0.6) is 0 Å². The average molecular weight is 335 g/mol. The molecule has 2 amide bonds. The van der Waals surface area contributed by atoms with Crippen molar-refractivity contribution in [1.29, 1.82) is 0 Å². The predicted octanol–water partition coefficient (Wildman–Crippen LogP) is -0.505. The minimum absolute atomic E-state index is 0.331. The largest absolute Gasteiger partial charge is 0.355 e. The number of hydrogen-bond donors (Lipinski definition) is 3. The van der Waals surface area contributed by atoms with E-state index in [0.717, 1.165) is 18.2 Å². The molecule has 0 saturated heterocycles. The van der Waals surface area contributed by atoms with Gasteiger partial charge in [0.1, 0.15) is 11.6 Å². The van der Waals surface area contributed by atoms with Crippen molar-refractivity contribution >= 4 is 21.8 Å². The maximum atomic E-state index is 13.4. The molecule has 0 heterocycles. The van der Waals surface area contributed by atoms with E-state index in [0.29, 0.717) is 6.54 Å². The summed E-state index contributed by atoms with van der Waals surface area (Å²) in [5.74, 6) is -3.80. The van der Waals surface area contributed by atoms with E-state index in [9.17, 15) is 26.8 Å². The van der Waals surface area contributed by atoms with E-state index in [1.54, 1.807) is 11.6 Å². The Balaban J connectivity index is 2.63. The van der Waals surface area contributed by atoms with Gasteiger partial charge in [0.15, 0.2) is 4.90 Å². The number of benzene rings is 1. The fourth-order valence-corrected chi connectivity index (χ4v) is 2.59. The van der Waals surface area contributed by atoms with Crippen molar-refractivity contribution in [3.63, 3.8) is 0 Å². The van der Waals surface area contributed by atoms with Gasteiger partial charge in [-0.15, -0.1) is 0 Å². The molecule has 1 rings (SSSR count). The van der Waals surface area contributed by atoms with Crippen LogP contribution in [-0.2, 0) is 19.6 Å². The molecule has 10 heteroatoms. The predicted molar refractivity (Wildman–Crippen MR) is 73.2 cm³/mol. The number of amides is 2. The van der Waals surface area contributed by atoms with Crippen LogP contribution in [0.15, 0.2) is 23.1 Å². The highest BCUT2D eigenvalue weighted by Crippen LogP contribution is 2.17. The van der Waals surface area contributed by atoms with Gasteiger partial charge in [-0.2, -0.15) is 0 Å². The molecule has 0 bridgehead atoms. The third kappa shape index (κ3) is 5.04. The van der Waals surface area contributed by atoms with E-state index in [4.69, 9.17) is 0 Å². The SMILES string of the molecule is CCNC(=O)CNC(=O)CNS(=O)(=O)c1c(F)cccc1F. The molecule has 0 aliphatic rings. The van der Waals surface area contributed by atoms with Gasteiger partial charge in [-0.25, -0.2) is 21.9 Å². The van der Waals surface area contributed by atoms with Crippen molar-refractivity contribution in [3.05, 3.63) is 29.8 Å². The summed E-state index contributed by atoms with van der Waals surface area (Å²) in [6.45, 7) is 0.989. The molecule has 0 radical (unpaired) electrons. The number of halogens is 2. The summed E-state index contributed by atoms with van der Waals surface area (Å²) in [7, 11) is -4.53. The fourth-order valence-electron chi connectivity index (χ4n) is 1.47. The van der Waals surface area contributed by atoms with E-state index in [1.807, 2.05) is 0 Å². The molecule has 22 heavy (non-hydrogen) atoms. The molecule has 1 aromatic carbocycles. The Morgan fingerprint density at radius 3 is 2.14 bits per heavy atom.